The molecule has 7 heteroatoms. The Kier molecular flexibility index (Phi) is 5.03. The molecule has 1 aromatic rings. The zero-order valence-corrected chi connectivity index (χ0v) is 12.4. The summed E-state index contributed by atoms with van der Waals surface area (Å²) >= 11 is 11.7. The van der Waals surface area contributed by atoms with Gasteiger partial charge < -0.3 is 5.11 Å². The lowest BCUT2D eigenvalue weighted by Crippen LogP contribution is -2.48. The van der Waals surface area contributed by atoms with Gasteiger partial charge >= 0.3 is 0 Å². The third-order valence-corrected chi connectivity index (χ3v) is 5.33. The highest BCUT2D eigenvalue weighted by Gasteiger charge is 2.30. The molecule has 18 heavy (non-hydrogen) atoms. The van der Waals surface area contributed by atoms with E-state index in [0.717, 1.165) is 0 Å². The van der Waals surface area contributed by atoms with Crippen molar-refractivity contribution in [2.45, 2.75) is 30.7 Å². The first-order valence-corrected chi connectivity index (χ1v) is 7.58. The lowest BCUT2D eigenvalue weighted by atomic mass is 10.0. The molecule has 2 N–H and O–H groups in total. The van der Waals surface area contributed by atoms with E-state index in [2.05, 4.69) is 4.72 Å². The van der Waals surface area contributed by atoms with Gasteiger partial charge in [0.1, 0.15) is 4.90 Å². The zero-order chi connectivity index (χ0) is 14.0. The molecular weight excluding hydrogens is 297 g/mol. The lowest BCUT2D eigenvalue weighted by Gasteiger charge is -2.27. The van der Waals surface area contributed by atoms with Gasteiger partial charge in [0.05, 0.1) is 22.2 Å². The third kappa shape index (κ3) is 3.36. The number of aliphatic hydroxyl groups is 1. The van der Waals surface area contributed by atoms with E-state index >= 15 is 0 Å². The van der Waals surface area contributed by atoms with Crippen molar-refractivity contribution in [2.24, 2.45) is 0 Å². The average Bonchev–Trinajstić information content (AvgIpc) is 2.31. The molecule has 0 aliphatic rings. The molecule has 0 fully saturated rings. The molecule has 0 amide bonds. The Morgan fingerprint density at radius 1 is 1.39 bits per heavy atom. The van der Waals surface area contributed by atoms with E-state index in [1.54, 1.807) is 13.8 Å². The second-order valence-corrected chi connectivity index (χ2v) is 6.67. The van der Waals surface area contributed by atoms with Gasteiger partial charge in [-0.1, -0.05) is 36.2 Å². The number of halogens is 2. The Hall–Kier alpha value is -0.330. The van der Waals surface area contributed by atoms with Crippen molar-refractivity contribution >= 4 is 33.2 Å². The number of aliphatic hydroxyl groups excluding tert-OH is 1. The monoisotopic (exact) mass is 311 g/mol. The van der Waals surface area contributed by atoms with Crippen LogP contribution in [0, 0.1) is 0 Å². The lowest BCUT2D eigenvalue weighted by molar-refractivity contribution is 0.191. The third-order valence-electron chi connectivity index (χ3n) is 2.72. The zero-order valence-electron chi connectivity index (χ0n) is 10.1. The molecule has 1 aromatic carbocycles. The second kappa shape index (κ2) is 5.75. The van der Waals surface area contributed by atoms with E-state index in [1.807, 2.05) is 0 Å². The number of rotatable bonds is 5. The molecule has 102 valence electrons. The first-order valence-electron chi connectivity index (χ1n) is 5.34. The Balaban J connectivity index is 3.19. The molecule has 0 spiro atoms. The minimum Gasteiger partial charge on any atom is -0.394 e. The van der Waals surface area contributed by atoms with Crippen molar-refractivity contribution in [3.05, 3.63) is 28.2 Å². The Morgan fingerprint density at radius 3 is 2.50 bits per heavy atom. The fourth-order valence-electron chi connectivity index (χ4n) is 1.29. The maximum atomic E-state index is 12.2. The van der Waals surface area contributed by atoms with Crippen molar-refractivity contribution in [1.82, 2.24) is 4.72 Å². The summed E-state index contributed by atoms with van der Waals surface area (Å²) in [6.07, 6.45) is 0.445. The van der Waals surface area contributed by atoms with Gasteiger partial charge in [0.2, 0.25) is 10.0 Å². The van der Waals surface area contributed by atoms with Crippen LogP contribution in [0.1, 0.15) is 20.3 Å². The van der Waals surface area contributed by atoms with Gasteiger partial charge in [0.25, 0.3) is 0 Å². The molecule has 1 atom stereocenters. The van der Waals surface area contributed by atoms with Crippen LogP contribution in [-0.4, -0.2) is 25.7 Å². The summed E-state index contributed by atoms with van der Waals surface area (Å²) in [4.78, 5) is -0.0928. The maximum Gasteiger partial charge on any atom is 0.242 e. The van der Waals surface area contributed by atoms with Crippen LogP contribution >= 0.6 is 23.2 Å². The molecule has 0 bridgehead atoms. The molecule has 0 aliphatic heterocycles. The standard InChI is InChI=1S/C11H15Cl2NO3S/c1-3-11(2,7-15)14-18(16,17)9-6-4-5-8(12)10(9)13/h4-6,14-15H,3,7H2,1-2H3. The summed E-state index contributed by atoms with van der Waals surface area (Å²) in [7, 11) is -3.82. The van der Waals surface area contributed by atoms with Gasteiger partial charge in [-0.2, -0.15) is 0 Å². The van der Waals surface area contributed by atoms with Crippen LogP contribution in [0.2, 0.25) is 10.0 Å². The Labute approximate surface area is 117 Å². The molecule has 0 radical (unpaired) electrons. The van der Waals surface area contributed by atoms with E-state index in [9.17, 15) is 13.5 Å². The van der Waals surface area contributed by atoms with Crippen LogP contribution in [-0.2, 0) is 10.0 Å². The number of benzene rings is 1. The van der Waals surface area contributed by atoms with Gasteiger partial charge in [-0.05, 0) is 25.5 Å². The summed E-state index contributed by atoms with van der Waals surface area (Å²) in [5, 5.41) is 9.38. The average molecular weight is 312 g/mol. The fraction of sp³-hybridized carbons (Fsp3) is 0.455. The first kappa shape index (κ1) is 15.7. The summed E-state index contributed by atoms with van der Waals surface area (Å²) in [5.41, 5.74) is -0.926. The minimum absolute atomic E-state index is 0.0249. The summed E-state index contributed by atoms with van der Waals surface area (Å²) in [6, 6.07) is 4.38. The maximum absolute atomic E-state index is 12.2. The quantitative estimate of drug-likeness (QED) is 0.877. The number of hydrogen-bond donors (Lipinski definition) is 2. The minimum atomic E-state index is -3.82. The molecule has 0 saturated carbocycles. The molecule has 0 saturated heterocycles. The smallest absolute Gasteiger partial charge is 0.242 e. The molecule has 1 unspecified atom stereocenters. The van der Waals surface area contributed by atoms with Gasteiger partial charge in [-0.25, -0.2) is 13.1 Å². The second-order valence-electron chi connectivity index (χ2n) is 4.23. The van der Waals surface area contributed by atoms with E-state index < -0.39 is 15.6 Å². The van der Waals surface area contributed by atoms with Crippen molar-refractivity contribution in [2.75, 3.05) is 6.61 Å². The van der Waals surface area contributed by atoms with Crippen LogP contribution < -0.4 is 4.72 Å². The van der Waals surface area contributed by atoms with Gasteiger partial charge in [0.15, 0.2) is 0 Å². The van der Waals surface area contributed by atoms with Gasteiger partial charge in [0, 0.05) is 0 Å². The van der Waals surface area contributed by atoms with Crippen molar-refractivity contribution < 1.29 is 13.5 Å². The first-order chi connectivity index (χ1) is 8.25. The van der Waals surface area contributed by atoms with Gasteiger partial charge in [-0.15, -0.1) is 0 Å². The largest absolute Gasteiger partial charge is 0.394 e. The molecule has 1 rings (SSSR count). The molecular formula is C11H15Cl2NO3S. The molecule has 4 nitrogen and oxygen atoms in total. The van der Waals surface area contributed by atoms with Crippen LogP contribution in [0.25, 0.3) is 0 Å². The highest BCUT2D eigenvalue weighted by atomic mass is 35.5. The van der Waals surface area contributed by atoms with Crippen LogP contribution in [0.4, 0.5) is 0 Å². The predicted octanol–water partition coefficient (Wildman–Crippen LogP) is 2.43. The van der Waals surface area contributed by atoms with E-state index in [1.165, 1.54) is 18.2 Å². The van der Waals surface area contributed by atoms with E-state index in [0.29, 0.717) is 6.42 Å². The summed E-state index contributed by atoms with van der Waals surface area (Å²) < 4.78 is 26.8. The van der Waals surface area contributed by atoms with Crippen molar-refractivity contribution in [1.29, 1.82) is 0 Å². The van der Waals surface area contributed by atoms with Gasteiger partial charge in [-0.3, -0.25) is 0 Å². The Morgan fingerprint density at radius 2 is 2.00 bits per heavy atom. The van der Waals surface area contributed by atoms with Crippen LogP contribution in [0.15, 0.2) is 23.1 Å². The summed E-state index contributed by atoms with van der Waals surface area (Å²) in [5.74, 6) is 0. The Bertz CT molecular complexity index is 527. The number of sulfonamides is 1. The number of hydrogen-bond acceptors (Lipinski definition) is 3. The topological polar surface area (TPSA) is 66.4 Å². The van der Waals surface area contributed by atoms with E-state index in [4.69, 9.17) is 23.2 Å². The normalized spacial score (nSPS) is 15.4. The van der Waals surface area contributed by atoms with Crippen LogP contribution in [0.5, 0.6) is 0 Å². The van der Waals surface area contributed by atoms with Crippen LogP contribution in [0.3, 0.4) is 0 Å². The summed E-state index contributed by atoms with van der Waals surface area (Å²) in [6.45, 7) is 3.09. The molecule has 0 aliphatic carbocycles. The van der Waals surface area contributed by atoms with Crippen molar-refractivity contribution in [3.63, 3.8) is 0 Å². The predicted molar refractivity (Wildman–Crippen MR) is 72.6 cm³/mol. The molecule has 0 aromatic heterocycles. The number of nitrogens with one attached hydrogen (secondary N) is 1. The SMILES string of the molecule is CCC(C)(CO)NS(=O)(=O)c1cccc(Cl)c1Cl. The highest BCUT2D eigenvalue weighted by Crippen LogP contribution is 2.29. The molecule has 0 heterocycles. The van der Waals surface area contributed by atoms with Crippen molar-refractivity contribution in [3.8, 4) is 0 Å². The highest BCUT2D eigenvalue weighted by molar-refractivity contribution is 7.89. The fourth-order valence-corrected chi connectivity index (χ4v) is 3.52. The van der Waals surface area contributed by atoms with E-state index in [-0.39, 0.29) is 21.5 Å².